The summed E-state index contributed by atoms with van der Waals surface area (Å²) in [6.07, 6.45) is 6.98. The highest BCUT2D eigenvalue weighted by atomic mass is 32.2. The van der Waals surface area contributed by atoms with Gasteiger partial charge in [-0.3, -0.25) is 14.2 Å². The second-order valence-corrected chi connectivity index (χ2v) is 8.77. The molecule has 1 aromatic carbocycles. The lowest BCUT2D eigenvalue weighted by Gasteiger charge is -2.26. The number of thioether (sulfide) groups is 1. The monoisotopic (exact) mass is 436 g/mol. The van der Waals surface area contributed by atoms with Gasteiger partial charge in [0, 0.05) is 0 Å². The van der Waals surface area contributed by atoms with Crippen LogP contribution in [0.3, 0.4) is 0 Å². The van der Waals surface area contributed by atoms with Gasteiger partial charge in [0.05, 0.1) is 35.5 Å². The summed E-state index contributed by atoms with van der Waals surface area (Å²) in [5.41, 5.74) is -0.385. The number of aromatic nitrogens is 2. The summed E-state index contributed by atoms with van der Waals surface area (Å²) in [7, 11) is 0. The SMILES string of the molecule is N#CC1(NC(=O)CSc2nc3ccccc3c(=O)n2Cc2ccco2)CCCCCC1. The molecular formula is C23H24N4O3S. The zero-order chi connectivity index (χ0) is 21.7. The lowest BCUT2D eigenvalue weighted by molar-refractivity contribution is -0.120. The zero-order valence-electron chi connectivity index (χ0n) is 17.2. The van der Waals surface area contributed by atoms with Gasteiger partial charge in [0.2, 0.25) is 5.91 Å². The fourth-order valence-corrected chi connectivity index (χ4v) is 4.78. The highest BCUT2D eigenvalue weighted by Crippen LogP contribution is 2.27. The first kappa shape index (κ1) is 21.2. The van der Waals surface area contributed by atoms with E-state index in [4.69, 9.17) is 4.42 Å². The maximum atomic E-state index is 13.1. The number of hydrogen-bond acceptors (Lipinski definition) is 6. The minimum Gasteiger partial charge on any atom is -0.467 e. The molecule has 1 aliphatic rings. The number of furan rings is 1. The molecule has 2 heterocycles. The number of nitrogens with zero attached hydrogens (tertiary/aromatic N) is 3. The van der Waals surface area contributed by atoms with Crippen LogP contribution in [0.1, 0.15) is 44.3 Å². The highest BCUT2D eigenvalue weighted by Gasteiger charge is 2.32. The molecule has 1 aliphatic carbocycles. The topological polar surface area (TPSA) is 101 Å². The molecule has 0 saturated heterocycles. The summed E-state index contributed by atoms with van der Waals surface area (Å²) >= 11 is 1.20. The molecule has 0 aliphatic heterocycles. The van der Waals surface area contributed by atoms with Crippen LogP contribution in [0.4, 0.5) is 0 Å². The van der Waals surface area contributed by atoms with Crippen LogP contribution in [0.5, 0.6) is 0 Å². The largest absolute Gasteiger partial charge is 0.467 e. The van der Waals surface area contributed by atoms with Gasteiger partial charge in [-0.25, -0.2) is 4.98 Å². The molecule has 0 bridgehead atoms. The van der Waals surface area contributed by atoms with Gasteiger partial charge in [-0.15, -0.1) is 0 Å². The van der Waals surface area contributed by atoms with Crippen LogP contribution in [0.2, 0.25) is 0 Å². The fraction of sp³-hybridized carbons (Fsp3) is 0.391. The van der Waals surface area contributed by atoms with Crippen molar-refractivity contribution in [3.63, 3.8) is 0 Å². The Kier molecular flexibility index (Phi) is 6.42. The molecule has 160 valence electrons. The van der Waals surface area contributed by atoms with E-state index in [-0.39, 0.29) is 23.8 Å². The normalized spacial score (nSPS) is 15.8. The van der Waals surface area contributed by atoms with E-state index in [1.807, 2.05) is 6.07 Å². The van der Waals surface area contributed by atoms with Crippen LogP contribution < -0.4 is 10.9 Å². The minimum atomic E-state index is -0.793. The standard InChI is InChI=1S/C23H24N4O3S/c24-16-23(11-5-1-2-6-12-23)26-20(28)15-31-22-25-19-10-4-3-9-18(19)21(29)27(22)14-17-8-7-13-30-17/h3-4,7-10,13H,1-2,5-6,11-12,14-15H2,(H,26,28). The van der Waals surface area contributed by atoms with Crippen molar-refractivity contribution in [3.05, 3.63) is 58.8 Å². The summed E-state index contributed by atoms with van der Waals surface area (Å²) in [6.45, 7) is 0.232. The van der Waals surface area contributed by atoms with Gasteiger partial charge in [-0.05, 0) is 37.1 Å². The predicted molar refractivity (Wildman–Crippen MR) is 119 cm³/mol. The number of para-hydroxylation sites is 1. The average Bonchev–Trinajstić information content (AvgIpc) is 3.19. The number of amides is 1. The summed E-state index contributed by atoms with van der Waals surface area (Å²) in [4.78, 5) is 30.4. The van der Waals surface area contributed by atoms with Gasteiger partial charge in [-0.1, -0.05) is 49.6 Å². The van der Waals surface area contributed by atoms with Crippen molar-refractivity contribution >= 4 is 28.6 Å². The summed E-state index contributed by atoms with van der Waals surface area (Å²) in [5, 5.41) is 13.6. The number of hydrogen-bond donors (Lipinski definition) is 1. The van der Waals surface area contributed by atoms with Crippen molar-refractivity contribution in [1.82, 2.24) is 14.9 Å². The van der Waals surface area contributed by atoms with Crippen molar-refractivity contribution in [2.75, 3.05) is 5.75 Å². The number of carbonyl (C=O) groups excluding carboxylic acids is 1. The van der Waals surface area contributed by atoms with Crippen molar-refractivity contribution in [1.29, 1.82) is 5.26 Å². The minimum absolute atomic E-state index is 0.0758. The summed E-state index contributed by atoms with van der Waals surface area (Å²) in [5.74, 6) is 0.486. The molecule has 1 fully saturated rings. The van der Waals surface area contributed by atoms with E-state index in [9.17, 15) is 14.9 Å². The summed E-state index contributed by atoms with van der Waals surface area (Å²) in [6, 6.07) is 13.1. The molecule has 1 saturated carbocycles. The Morgan fingerprint density at radius 2 is 1.97 bits per heavy atom. The molecule has 31 heavy (non-hydrogen) atoms. The third kappa shape index (κ3) is 4.83. The first-order valence-electron chi connectivity index (χ1n) is 10.5. The second-order valence-electron chi connectivity index (χ2n) is 7.83. The first-order valence-corrected chi connectivity index (χ1v) is 11.5. The summed E-state index contributed by atoms with van der Waals surface area (Å²) < 4.78 is 6.95. The predicted octanol–water partition coefficient (Wildman–Crippen LogP) is 3.86. The molecule has 3 aromatic rings. The quantitative estimate of drug-likeness (QED) is 0.358. The number of fused-ring (bicyclic) bond motifs is 1. The Labute approximate surface area is 184 Å². The van der Waals surface area contributed by atoms with Crippen LogP contribution in [-0.2, 0) is 11.3 Å². The first-order chi connectivity index (χ1) is 15.1. The molecule has 0 radical (unpaired) electrons. The van der Waals surface area contributed by atoms with Crippen molar-refractivity contribution in [2.24, 2.45) is 0 Å². The van der Waals surface area contributed by atoms with Gasteiger partial charge in [-0.2, -0.15) is 5.26 Å². The molecule has 0 spiro atoms. The van der Waals surface area contributed by atoms with E-state index in [0.717, 1.165) is 25.7 Å². The fourth-order valence-electron chi connectivity index (χ4n) is 3.99. The van der Waals surface area contributed by atoms with Crippen LogP contribution in [0, 0.1) is 11.3 Å². The van der Waals surface area contributed by atoms with Crippen molar-refractivity contribution in [3.8, 4) is 6.07 Å². The highest BCUT2D eigenvalue weighted by molar-refractivity contribution is 7.99. The Bertz CT molecular complexity index is 1160. The third-order valence-corrected chi connectivity index (χ3v) is 6.58. The average molecular weight is 437 g/mol. The molecule has 1 amide bonds. The van der Waals surface area contributed by atoms with E-state index in [1.165, 1.54) is 16.3 Å². The van der Waals surface area contributed by atoms with Crippen LogP contribution in [0.25, 0.3) is 10.9 Å². The molecule has 0 unspecified atom stereocenters. The van der Waals surface area contributed by atoms with E-state index in [2.05, 4.69) is 16.4 Å². The van der Waals surface area contributed by atoms with Gasteiger partial charge in [0.15, 0.2) is 5.16 Å². The zero-order valence-corrected chi connectivity index (χ0v) is 18.0. The maximum Gasteiger partial charge on any atom is 0.262 e. The van der Waals surface area contributed by atoms with E-state index in [0.29, 0.717) is 34.7 Å². The molecule has 0 atom stereocenters. The van der Waals surface area contributed by atoms with Crippen LogP contribution in [-0.4, -0.2) is 26.8 Å². The van der Waals surface area contributed by atoms with E-state index in [1.54, 1.807) is 36.6 Å². The van der Waals surface area contributed by atoms with Gasteiger partial charge >= 0.3 is 0 Å². The van der Waals surface area contributed by atoms with Crippen LogP contribution >= 0.6 is 11.8 Å². The van der Waals surface area contributed by atoms with Crippen molar-refractivity contribution in [2.45, 2.75) is 55.8 Å². The lowest BCUT2D eigenvalue weighted by atomic mass is 9.92. The molecule has 7 nitrogen and oxygen atoms in total. The molecule has 1 N–H and O–H groups in total. The number of carbonyl (C=O) groups is 1. The van der Waals surface area contributed by atoms with Crippen molar-refractivity contribution < 1.29 is 9.21 Å². The number of benzene rings is 1. The Morgan fingerprint density at radius 1 is 1.19 bits per heavy atom. The Hall–Kier alpha value is -3.05. The lowest BCUT2D eigenvalue weighted by Crippen LogP contribution is -2.47. The molecule has 8 heteroatoms. The maximum absolute atomic E-state index is 13.1. The van der Waals surface area contributed by atoms with Gasteiger partial charge in [0.1, 0.15) is 11.3 Å². The number of nitriles is 1. The number of nitrogens with one attached hydrogen (secondary N) is 1. The third-order valence-electron chi connectivity index (χ3n) is 5.60. The van der Waals surface area contributed by atoms with E-state index < -0.39 is 5.54 Å². The molecule has 4 rings (SSSR count). The van der Waals surface area contributed by atoms with Crippen LogP contribution in [0.15, 0.2) is 57.0 Å². The molecule has 2 aromatic heterocycles. The second kappa shape index (κ2) is 9.40. The Morgan fingerprint density at radius 3 is 2.68 bits per heavy atom. The molecular weight excluding hydrogens is 412 g/mol. The number of rotatable bonds is 6. The van der Waals surface area contributed by atoms with Gasteiger partial charge in [0.25, 0.3) is 5.56 Å². The van der Waals surface area contributed by atoms with Gasteiger partial charge < -0.3 is 9.73 Å². The van der Waals surface area contributed by atoms with E-state index >= 15 is 0 Å². The Balaban J connectivity index is 1.56. The smallest absolute Gasteiger partial charge is 0.262 e.